The van der Waals surface area contributed by atoms with E-state index in [1.54, 1.807) is 0 Å². The van der Waals surface area contributed by atoms with Gasteiger partial charge in [-0.05, 0) is 63.8 Å². The SMILES string of the molecule is Cc1c(-c2c3c4c(ccc3cc[n+]2C)B2c3ccccc3Oc3cccc(c32)O4)ccc2ccccc12. The average molecular weight is 476 g/mol. The van der Waals surface area contributed by atoms with Crippen molar-refractivity contribution >= 4 is 44.6 Å². The third kappa shape index (κ3) is 2.81. The summed E-state index contributed by atoms with van der Waals surface area (Å²) in [5.41, 5.74) is 7.11. The van der Waals surface area contributed by atoms with Crippen LogP contribution in [0.15, 0.2) is 103 Å². The smallest absolute Gasteiger partial charge is 0.260 e. The molecule has 0 spiro atoms. The molecule has 0 bridgehead atoms. The lowest BCUT2D eigenvalue weighted by molar-refractivity contribution is -0.659. The summed E-state index contributed by atoms with van der Waals surface area (Å²) >= 11 is 0. The van der Waals surface area contributed by atoms with Gasteiger partial charge in [-0.1, -0.05) is 66.7 Å². The summed E-state index contributed by atoms with van der Waals surface area (Å²) in [5.74, 6) is 3.58. The predicted molar refractivity (Wildman–Crippen MR) is 150 cm³/mol. The van der Waals surface area contributed by atoms with Crippen molar-refractivity contribution in [3.8, 4) is 34.3 Å². The van der Waals surface area contributed by atoms with Crippen LogP contribution in [-0.2, 0) is 7.05 Å². The molecule has 0 saturated heterocycles. The number of aryl methyl sites for hydroxylation is 2. The summed E-state index contributed by atoms with van der Waals surface area (Å²) in [4.78, 5) is 0. The molecule has 0 unspecified atom stereocenters. The number of aromatic nitrogens is 1. The van der Waals surface area contributed by atoms with Crippen LogP contribution in [0.25, 0.3) is 32.8 Å². The van der Waals surface area contributed by atoms with E-state index in [1.165, 1.54) is 38.2 Å². The predicted octanol–water partition coefficient (Wildman–Crippen LogP) is 5.52. The standard InChI is InChI=1S/C33H23BNO2/c1-20-23-9-4-3-8-21(23)14-16-24(20)32-30-22(18-19-35(32)2)15-17-26-33(30)37-29-13-7-12-28-31(29)34(26)25-10-5-6-11-27(25)36-28/h3-19H,1-2H3/q+1. The number of hydrogen-bond donors (Lipinski definition) is 0. The van der Waals surface area contributed by atoms with Crippen molar-refractivity contribution in [2.45, 2.75) is 6.92 Å². The number of ether oxygens (including phenoxy) is 2. The molecule has 4 heteroatoms. The largest absolute Gasteiger partial charge is 0.458 e. The van der Waals surface area contributed by atoms with Gasteiger partial charge in [-0.15, -0.1) is 0 Å². The van der Waals surface area contributed by atoms with E-state index in [-0.39, 0.29) is 6.71 Å². The van der Waals surface area contributed by atoms with Crippen molar-refractivity contribution in [2.24, 2.45) is 7.05 Å². The van der Waals surface area contributed by atoms with Crippen molar-refractivity contribution in [3.05, 3.63) is 109 Å². The molecule has 0 N–H and O–H groups in total. The molecule has 8 rings (SSSR count). The van der Waals surface area contributed by atoms with Gasteiger partial charge in [-0.3, -0.25) is 0 Å². The van der Waals surface area contributed by atoms with Crippen molar-refractivity contribution < 1.29 is 14.0 Å². The number of benzene rings is 5. The second-order valence-corrected chi connectivity index (χ2v) is 10.0. The van der Waals surface area contributed by atoms with Gasteiger partial charge in [0.05, 0.1) is 10.9 Å². The first-order valence-corrected chi connectivity index (χ1v) is 12.7. The fourth-order valence-corrected chi connectivity index (χ4v) is 6.29. The van der Waals surface area contributed by atoms with Gasteiger partial charge in [0.1, 0.15) is 30.0 Å². The zero-order chi connectivity index (χ0) is 24.7. The van der Waals surface area contributed by atoms with Crippen LogP contribution < -0.4 is 30.4 Å². The number of fused-ring (bicyclic) bond motifs is 7. The summed E-state index contributed by atoms with van der Waals surface area (Å²) in [6.07, 6.45) is 2.15. The Balaban J connectivity index is 1.47. The highest BCUT2D eigenvalue weighted by Crippen LogP contribution is 2.41. The topological polar surface area (TPSA) is 22.3 Å². The molecule has 0 fully saturated rings. The van der Waals surface area contributed by atoms with Crippen molar-refractivity contribution in [3.63, 3.8) is 0 Å². The Morgan fingerprint density at radius 2 is 1.41 bits per heavy atom. The van der Waals surface area contributed by atoms with Crippen LogP contribution in [-0.4, -0.2) is 6.71 Å². The molecule has 6 aromatic rings. The quantitative estimate of drug-likeness (QED) is 0.230. The van der Waals surface area contributed by atoms with Crippen LogP contribution in [0.3, 0.4) is 0 Å². The molecule has 2 aliphatic heterocycles. The Hall–Kier alpha value is -4.57. The van der Waals surface area contributed by atoms with Gasteiger partial charge in [0.25, 0.3) is 6.71 Å². The first-order chi connectivity index (χ1) is 18.2. The van der Waals surface area contributed by atoms with Crippen molar-refractivity contribution in [2.75, 3.05) is 0 Å². The van der Waals surface area contributed by atoms with E-state index < -0.39 is 0 Å². The number of pyridine rings is 1. The highest BCUT2D eigenvalue weighted by molar-refractivity contribution is 6.98. The monoisotopic (exact) mass is 476 g/mol. The van der Waals surface area contributed by atoms with Gasteiger partial charge >= 0.3 is 0 Å². The van der Waals surface area contributed by atoms with E-state index in [1.807, 2.05) is 18.2 Å². The highest BCUT2D eigenvalue weighted by Gasteiger charge is 2.41. The molecular weight excluding hydrogens is 453 g/mol. The third-order valence-electron chi connectivity index (χ3n) is 8.03. The summed E-state index contributed by atoms with van der Waals surface area (Å²) in [7, 11) is 2.13. The second kappa shape index (κ2) is 7.47. The number of para-hydroxylation sites is 1. The van der Waals surface area contributed by atoms with Crippen LogP contribution >= 0.6 is 0 Å². The molecule has 1 aromatic heterocycles. The Morgan fingerprint density at radius 3 is 2.32 bits per heavy atom. The normalized spacial score (nSPS) is 13.0. The van der Waals surface area contributed by atoms with Gasteiger partial charge in [-0.2, -0.15) is 0 Å². The van der Waals surface area contributed by atoms with Crippen LogP contribution in [0.1, 0.15) is 5.56 Å². The first kappa shape index (κ1) is 20.6. The van der Waals surface area contributed by atoms with E-state index in [4.69, 9.17) is 9.47 Å². The summed E-state index contributed by atoms with van der Waals surface area (Å²) in [5, 5.41) is 4.83. The van der Waals surface area contributed by atoms with E-state index in [0.717, 1.165) is 39.5 Å². The molecule has 0 atom stereocenters. The fourth-order valence-electron chi connectivity index (χ4n) is 6.29. The Labute approximate surface area is 215 Å². The number of hydrogen-bond acceptors (Lipinski definition) is 2. The highest BCUT2D eigenvalue weighted by atomic mass is 16.5. The van der Waals surface area contributed by atoms with E-state index >= 15 is 0 Å². The molecule has 0 amide bonds. The molecule has 174 valence electrons. The average Bonchev–Trinajstić information content (AvgIpc) is 2.93. The lowest BCUT2D eigenvalue weighted by Gasteiger charge is -2.33. The van der Waals surface area contributed by atoms with Crippen molar-refractivity contribution in [1.82, 2.24) is 0 Å². The third-order valence-corrected chi connectivity index (χ3v) is 8.03. The maximum absolute atomic E-state index is 6.80. The molecule has 0 aliphatic carbocycles. The first-order valence-electron chi connectivity index (χ1n) is 12.7. The van der Waals surface area contributed by atoms with E-state index in [0.29, 0.717) is 0 Å². The minimum Gasteiger partial charge on any atom is -0.458 e. The Morgan fingerprint density at radius 1 is 0.649 bits per heavy atom. The molecular formula is C33H23BNO2+. The molecule has 2 aliphatic rings. The molecule has 0 radical (unpaired) electrons. The molecule has 0 saturated carbocycles. The summed E-state index contributed by atoms with van der Waals surface area (Å²) in [6.45, 7) is 2.28. The molecule has 37 heavy (non-hydrogen) atoms. The van der Waals surface area contributed by atoms with Crippen LogP contribution in [0.5, 0.6) is 23.0 Å². The van der Waals surface area contributed by atoms with Gasteiger partial charge in [-0.25, -0.2) is 4.57 Å². The zero-order valence-electron chi connectivity index (χ0n) is 20.7. The van der Waals surface area contributed by atoms with Gasteiger partial charge in [0.15, 0.2) is 6.20 Å². The summed E-state index contributed by atoms with van der Waals surface area (Å²) < 4.78 is 15.3. The zero-order valence-corrected chi connectivity index (χ0v) is 20.7. The number of rotatable bonds is 1. The Bertz CT molecular complexity index is 1930. The number of nitrogens with zero attached hydrogens (tertiary/aromatic N) is 1. The van der Waals surface area contributed by atoms with Gasteiger partial charge in [0, 0.05) is 11.5 Å². The van der Waals surface area contributed by atoms with E-state index in [9.17, 15) is 0 Å². The van der Waals surface area contributed by atoms with Gasteiger partial charge < -0.3 is 9.47 Å². The van der Waals surface area contributed by atoms with Crippen molar-refractivity contribution in [1.29, 1.82) is 0 Å². The minimum atomic E-state index is 0.0559. The van der Waals surface area contributed by atoms with E-state index in [2.05, 4.69) is 104 Å². The lowest BCUT2D eigenvalue weighted by Crippen LogP contribution is -2.57. The van der Waals surface area contributed by atoms with Crippen LogP contribution in [0.2, 0.25) is 0 Å². The fraction of sp³-hybridized carbons (Fsp3) is 0.0606. The minimum absolute atomic E-state index is 0.0559. The van der Waals surface area contributed by atoms with Crippen LogP contribution in [0.4, 0.5) is 0 Å². The molecule has 3 nitrogen and oxygen atoms in total. The summed E-state index contributed by atoms with van der Waals surface area (Å²) in [6, 6.07) is 34.2. The Kier molecular flexibility index (Phi) is 4.16. The maximum Gasteiger partial charge on any atom is 0.260 e. The molecule has 3 heterocycles. The second-order valence-electron chi connectivity index (χ2n) is 10.0. The van der Waals surface area contributed by atoms with Gasteiger partial charge in [0.2, 0.25) is 5.69 Å². The molecule has 5 aromatic carbocycles. The maximum atomic E-state index is 6.80. The van der Waals surface area contributed by atoms with Crippen LogP contribution in [0, 0.1) is 6.92 Å². The lowest BCUT2D eigenvalue weighted by atomic mass is 9.34.